The first-order valence-corrected chi connectivity index (χ1v) is 10.3. The summed E-state index contributed by atoms with van der Waals surface area (Å²) in [7, 11) is 0. The van der Waals surface area contributed by atoms with Gasteiger partial charge in [0.15, 0.2) is 0 Å². The van der Waals surface area contributed by atoms with Gasteiger partial charge in [-0.1, -0.05) is 54.6 Å². The molecule has 0 N–H and O–H groups in total. The van der Waals surface area contributed by atoms with Crippen molar-refractivity contribution in [3.63, 3.8) is 0 Å². The van der Waals surface area contributed by atoms with Crippen LogP contribution in [0.15, 0.2) is 85.1 Å². The SMILES string of the molecule is O=C1c2cc(I)ccc2CC(c2ccccc2)N1c1cccc2cccnc12. The van der Waals surface area contributed by atoms with Gasteiger partial charge in [0.05, 0.1) is 17.2 Å². The minimum absolute atomic E-state index is 0.0340. The maximum Gasteiger partial charge on any atom is 0.259 e. The van der Waals surface area contributed by atoms with Crippen molar-refractivity contribution < 1.29 is 4.79 Å². The van der Waals surface area contributed by atoms with Crippen molar-refractivity contribution in [2.24, 2.45) is 0 Å². The van der Waals surface area contributed by atoms with Gasteiger partial charge in [-0.25, -0.2) is 0 Å². The number of pyridine rings is 1. The zero-order valence-electron chi connectivity index (χ0n) is 15.0. The molecular weight excluding hydrogens is 459 g/mol. The highest BCUT2D eigenvalue weighted by Gasteiger charge is 2.35. The topological polar surface area (TPSA) is 33.2 Å². The summed E-state index contributed by atoms with van der Waals surface area (Å²) in [6.07, 6.45) is 2.57. The summed E-state index contributed by atoms with van der Waals surface area (Å²) in [5.41, 5.74) is 4.73. The Morgan fingerprint density at radius 1 is 0.929 bits per heavy atom. The van der Waals surface area contributed by atoms with E-state index in [2.05, 4.69) is 51.8 Å². The average Bonchev–Trinajstić information content (AvgIpc) is 2.74. The third-order valence-corrected chi connectivity index (χ3v) is 5.97. The Kier molecular flexibility index (Phi) is 4.36. The Morgan fingerprint density at radius 2 is 1.75 bits per heavy atom. The lowest BCUT2D eigenvalue weighted by molar-refractivity contribution is 0.0967. The van der Waals surface area contributed by atoms with Gasteiger partial charge in [-0.05, 0) is 64.4 Å². The van der Waals surface area contributed by atoms with E-state index in [0.717, 1.165) is 43.3 Å². The number of carbonyl (C=O) groups excluding carboxylic acids is 1. The van der Waals surface area contributed by atoms with Gasteiger partial charge in [0.2, 0.25) is 0 Å². The Morgan fingerprint density at radius 3 is 2.61 bits per heavy atom. The number of anilines is 1. The second-order valence-electron chi connectivity index (χ2n) is 6.96. The molecule has 3 aromatic carbocycles. The molecule has 0 saturated heterocycles. The number of nitrogens with zero attached hydrogens (tertiary/aromatic N) is 2. The summed E-state index contributed by atoms with van der Waals surface area (Å²) >= 11 is 2.27. The fourth-order valence-electron chi connectivity index (χ4n) is 4.00. The summed E-state index contributed by atoms with van der Waals surface area (Å²) < 4.78 is 1.07. The highest BCUT2D eigenvalue weighted by atomic mass is 127. The highest BCUT2D eigenvalue weighted by molar-refractivity contribution is 14.1. The van der Waals surface area contributed by atoms with Crippen LogP contribution in [-0.2, 0) is 6.42 Å². The van der Waals surface area contributed by atoms with Crippen molar-refractivity contribution in [2.75, 3.05) is 4.90 Å². The molecule has 1 aliphatic rings. The van der Waals surface area contributed by atoms with E-state index in [1.165, 1.54) is 0 Å². The number of halogens is 1. The number of rotatable bonds is 2. The fourth-order valence-corrected chi connectivity index (χ4v) is 4.49. The molecule has 1 amide bonds. The normalized spacial score (nSPS) is 16.2. The fraction of sp³-hybridized carbons (Fsp3) is 0.0833. The minimum atomic E-state index is -0.0612. The zero-order valence-corrected chi connectivity index (χ0v) is 17.2. The summed E-state index contributed by atoms with van der Waals surface area (Å²) in [4.78, 5) is 20.2. The molecule has 4 heteroatoms. The standard InChI is InChI=1S/C24H17IN2O/c25-19-12-11-18-14-22(16-6-2-1-3-7-16)27(24(28)20(18)15-19)21-10-4-8-17-9-5-13-26-23(17)21/h1-13,15,22H,14H2. The van der Waals surface area contributed by atoms with Gasteiger partial charge in [0.25, 0.3) is 5.91 Å². The van der Waals surface area contributed by atoms with E-state index in [9.17, 15) is 4.79 Å². The minimum Gasteiger partial charge on any atom is -0.298 e. The van der Waals surface area contributed by atoms with Crippen molar-refractivity contribution >= 4 is 45.1 Å². The molecule has 4 aromatic rings. The molecule has 28 heavy (non-hydrogen) atoms. The molecule has 2 heterocycles. The van der Waals surface area contributed by atoms with Gasteiger partial charge in [0, 0.05) is 20.7 Å². The predicted molar refractivity (Wildman–Crippen MR) is 121 cm³/mol. The van der Waals surface area contributed by atoms with Crippen LogP contribution in [0.5, 0.6) is 0 Å². The van der Waals surface area contributed by atoms with E-state index in [1.807, 2.05) is 59.5 Å². The van der Waals surface area contributed by atoms with Gasteiger partial charge in [0.1, 0.15) is 0 Å². The maximum atomic E-state index is 13.7. The summed E-state index contributed by atoms with van der Waals surface area (Å²) in [5.74, 6) is 0.0340. The quantitative estimate of drug-likeness (QED) is 0.344. The number of para-hydroxylation sites is 1. The molecule has 3 nitrogen and oxygen atoms in total. The van der Waals surface area contributed by atoms with Gasteiger partial charge in [-0.3, -0.25) is 14.7 Å². The second kappa shape index (κ2) is 7.02. The van der Waals surface area contributed by atoms with Gasteiger partial charge in [-0.2, -0.15) is 0 Å². The molecule has 1 unspecified atom stereocenters. The largest absolute Gasteiger partial charge is 0.298 e. The molecule has 1 aromatic heterocycles. The van der Waals surface area contributed by atoms with Gasteiger partial charge < -0.3 is 0 Å². The Bertz CT molecular complexity index is 1180. The van der Waals surface area contributed by atoms with Crippen LogP contribution in [0.4, 0.5) is 5.69 Å². The molecule has 0 fully saturated rings. The smallest absolute Gasteiger partial charge is 0.259 e. The van der Waals surface area contributed by atoms with E-state index in [-0.39, 0.29) is 11.9 Å². The lowest BCUT2D eigenvalue weighted by Crippen LogP contribution is -2.40. The first-order valence-electron chi connectivity index (χ1n) is 9.23. The van der Waals surface area contributed by atoms with E-state index in [4.69, 9.17) is 0 Å². The van der Waals surface area contributed by atoms with Gasteiger partial charge >= 0.3 is 0 Å². The van der Waals surface area contributed by atoms with Crippen LogP contribution < -0.4 is 4.90 Å². The predicted octanol–water partition coefficient (Wildman–Crippen LogP) is 5.78. The molecule has 0 aliphatic carbocycles. The van der Waals surface area contributed by atoms with E-state index in [0.29, 0.717) is 0 Å². The van der Waals surface area contributed by atoms with E-state index in [1.54, 1.807) is 6.20 Å². The van der Waals surface area contributed by atoms with Crippen molar-refractivity contribution in [1.29, 1.82) is 0 Å². The molecule has 0 radical (unpaired) electrons. The van der Waals surface area contributed by atoms with E-state index < -0.39 is 0 Å². The summed E-state index contributed by atoms with van der Waals surface area (Å²) in [6.45, 7) is 0. The first kappa shape index (κ1) is 17.4. The highest BCUT2D eigenvalue weighted by Crippen LogP contribution is 2.39. The number of hydrogen-bond donors (Lipinski definition) is 0. The molecule has 0 saturated carbocycles. The van der Waals surface area contributed by atoms with Crippen LogP contribution in [0.2, 0.25) is 0 Å². The lowest BCUT2D eigenvalue weighted by Gasteiger charge is -2.37. The lowest BCUT2D eigenvalue weighted by atomic mass is 9.88. The van der Waals surface area contributed by atoms with Crippen LogP contribution in [0.25, 0.3) is 10.9 Å². The number of aromatic nitrogens is 1. The number of carbonyl (C=O) groups is 1. The van der Waals surface area contributed by atoms with Crippen molar-refractivity contribution in [3.8, 4) is 0 Å². The number of fused-ring (bicyclic) bond motifs is 2. The molecule has 0 bridgehead atoms. The van der Waals surface area contributed by atoms with Crippen molar-refractivity contribution in [1.82, 2.24) is 4.98 Å². The molecule has 136 valence electrons. The van der Waals surface area contributed by atoms with Crippen LogP contribution in [0, 0.1) is 3.57 Å². The number of amides is 1. The third kappa shape index (κ3) is 2.88. The summed E-state index contributed by atoms with van der Waals surface area (Å²) in [5, 5.41) is 1.04. The number of hydrogen-bond acceptors (Lipinski definition) is 2. The monoisotopic (exact) mass is 476 g/mol. The average molecular weight is 476 g/mol. The number of benzene rings is 3. The van der Waals surface area contributed by atoms with Crippen LogP contribution in [-0.4, -0.2) is 10.9 Å². The Hall–Kier alpha value is -2.73. The molecule has 0 spiro atoms. The van der Waals surface area contributed by atoms with E-state index >= 15 is 0 Å². The molecule has 5 rings (SSSR count). The third-order valence-electron chi connectivity index (χ3n) is 5.30. The zero-order chi connectivity index (χ0) is 19.1. The molecular formula is C24H17IN2O. The van der Waals surface area contributed by atoms with Crippen LogP contribution in [0.1, 0.15) is 27.5 Å². The van der Waals surface area contributed by atoms with Crippen LogP contribution >= 0.6 is 22.6 Å². The van der Waals surface area contributed by atoms with Crippen molar-refractivity contribution in [3.05, 3.63) is 105 Å². The molecule has 1 aliphatic heterocycles. The van der Waals surface area contributed by atoms with Gasteiger partial charge in [-0.15, -0.1) is 0 Å². The maximum absolute atomic E-state index is 13.7. The molecule has 1 atom stereocenters. The van der Waals surface area contributed by atoms with Crippen molar-refractivity contribution in [2.45, 2.75) is 12.5 Å². The second-order valence-corrected chi connectivity index (χ2v) is 8.21. The Labute approximate surface area is 177 Å². The Balaban J connectivity index is 1.75. The van der Waals surface area contributed by atoms with Crippen LogP contribution in [0.3, 0.4) is 0 Å². The summed E-state index contributed by atoms with van der Waals surface area (Å²) in [6, 6.07) is 26.4. The first-order chi connectivity index (χ1) is 13.7.